The van der Waals surface area contributed by atoms with Crippen LogP contribution in [0.1, 0.15) is 48.0 Å². The molecule has 0 heterocycles. The molecule has 1 rings (SSSR count). The Bertz CT molecular complexity index is 378. The predicted octanol–water partition coefficient (Wildman–Crippen LogP) is 3.27. The maximum atomic E-state index is 11.8. The summed E-state index contributed by atoms with van der Waals surface area (Å²) in [7, 11) is 0. The lowest BCUT2D eigenvalue weighted by Crippen LogP contribution is -2.35. The van der Waals surface area contributed by atoms with Crippen LogP contribution in [0.3, 0.4) is 0 Å². The zero-order valence-electron chi connectivity index (χ0n) is 11.8. The topological polar surface area (TPSA) is 37.3 Å². The van der Waals surface area contributed by atoms with Crippen LogP contribution >= 0.6 is 0 Å². The van der Waals surface area contributed by atoms with Crippen molar-refractivity contribution in [2.24, 2.45) is 10.8 Å². The van der Waals surface area contributed by atoms with Crippen LogP contribution in [-0.4, -0.2) is 17.0 Å². The van der Waals surface area contributed by atoms with E-state index in [1.807, 2.05) is 6.92 Å². The average Bonchev–Trinajstić information content (AvgIpc) is 2.11. The minimum absolute atomic E-state index is 0.0997. The first-order chi connectivity index (χ1) is 7.54. The molecule has 0 radical (unpaired) electrons. The molecule has 0 fully saturated rings. The Morgan fingerprint density at radius 3 is 2.35 bits per heavy atom. The van der Waals surface area contributed by atoms with Crippen molar-refractivity contribution in [3.63, 3.8) is 0 Å². The lowest BCUT2D eigenvalue weighted by Gasteiger charge is -2.35. The largest absolute Gasteiger partial charge is 0.385 e. The van der Waals surface area contributed by atoms with E-state index in [-0.39, 0.29) is 16.6 Å². The smallest absolute Gasteiger partial charge is 0.187 e. The van der Waals surface area contributed by atoms with E-state index in [9.17, 15) is 9.90 Å². The van der Waals surface area contributed by atoms with Crippen molar-refractivity contribution in [1.82, 2.24) is 0 Å². The van der Waals surface area contributed by atoms with Crippen molar-refractivity contribution in [2.45, 2.75) is 54.1 Å². The van der Waals surface area contributed by atoms with E-state index < -0.39 is 6.10 Å². The Morgan fingerprint density at radius 1 is 1.35 bits per heavy atom. The van der Waals surface area contributed by atoms with Crippen LogP contribution in [0.5, 0.6) is 0 Å². The highest BCUT2D eigenvalue weighted by Gasteiger charge is 2.36. The van der Waals surface area contributed by atoms with Gasteiger partial charge in [-0.15, -0.1) is 0 Å². The zero-order valence-corrected chi connectivity index (χ0v) is 11.8. The number of hydrogen-bond donors (Lipinski definition) is 1. The molecule has 0 amide bonds. The third-order valence-corrected chi connectivity index (χ3v) is 3.26. The van der Waals surface area contributed by atoms with Crippen LogP contribution in [-0.2, 0) is 4.79 Å². The number of Topliss-reactive ketones (excluding diaryl/α,β-unsaturated/α-hetero) is 1. The maximum absolute atomic E-state index is 11.8. The zero-order chi connectivity index (χ0) is 13.4. The van der Waals surface area contributed by atoms with Gasteiger partial charge in [-0.3, -0.25) is 4.79 Å². The molecule has 1 N–H and O–H groups in total. The molecular weight excluding hydrogens is 212 g/mol. The number of aliphatic hydroxyl groups excluding tert-OH is 1. The molecule has 17 heavy (non-hydrogen) atoms. The summed E-state index contributed by atoms with van der Waals surface area (Å²) in [5.41, 5.74) is 1.72. The summed E-state index contributed by atoms with van der Waals surface area (Å²) in [5.74, 6) is -0.127. The van der Waals surface area contributed by atoms with Crippen molar-refractivity contribution in [3.05, 3.63) is 23.3 Å². The molecule has 0 aromatic carbocycles. The molecule has 0 aromatic rings. The molecule has 0 saturated heterocycles. The third kappa shape index (κ3) is 3.29. The molecule has 1 aliphatic rings. The van der Waals surface area contributed by atoms with Crippen LogP contribution in [0.25, 0.3) is 0 Å². The molecule has 2 nitrogen and oxygen atoms in total. The lowest BCUT2D eigenvalue weighted by molar-refractivity contribution is -0.125. The van der Waals surface area contributed by atoms with Crippen molar-refractivity contribution in [1.29, 1.82) is 0 Å². The van der Waals surface area contributed by atoms with E-state index in [4.69, 9.17) is 0 Å². The van der Waals surface area contributed by atoms with E-state index in [0.717, 1.165) is 5.57 Å². The van der Waals surface area contributed by atoms with E-state index in [2.05, 4.69) is 46.8 Å². The SMILES string of the molecule is CC1=C(/C=C/C(C)(C)C)C(C)(C)CC(O)C1=O. The lowest BCUT2D eigenvalue weighted by atomic mass is 9.70. The van der Waals surface area contributed by atoms with Crippen molar-refractivity contribution < 1.29 is 9.90 Å². The van der Waals surface area contributed by atoms with E-state index in [1.54, 1.807) is 0 Å². The quantitative estimate of drug-likeness (QED) is 0.758. The number of allylic oxidation sites excluding steroid dienone is 3. The van der Waals surface area contributed by atoms with Gasteiger partial charge in [0.1, 0.15) is 6.10 Å². The fraction of sp³-hybridized carbons (Fsp3) is 0.667. The van der Waals surface area contributed by atoms with Gasteiger partial charge in [-0.05, 0) is 35.3 Å². The van der Waals surface area contributed by atoms with Crippen molar-refractivity contribution in [2.75, 3.05) is 0 Å². The Balaban J connectivity index is 3.18. The van der Waals surface area contributed by atoms with Gasteiger partial charge in [0, 0.05) is 0 Å². The Kier molecular flexibility index (Phi) is 3.68. The predicted molar refractivity (Wildman–Crippen MR) is 70.7 cm³/mol. The number of hydrogen-bond acceptors (Lipinski definition) is 2. The van der Waals surface area contributed by atoms with E-state index in [0.29, 0.717) is 12.0 Å². The number of rotatable bonds is 1. The highest BCUT2D eigenvalue weighted by Crippen LogP contribution is 2.40. The monoisotopic (exact) mass is 236 g/mol. The highest BCUT2D eigenvalue weighted by atomic mass is 16.3. The summed E-state index contributed by atoms with van der Waals surface area (Å²) >= 11 is 0. The fourth-order valence-corrected chi connectivity index (χ4v) is 2.26. The normalized spacial score (nSPS) is 25.8. The van der Waals surface area contributed by atoms with Gasteiger partial charge in [0.05, 0.1) is 0 Å². The molecule has 1 atom stereocenters. The van der Waals surface area contributed by atoms with Gasteiger partial charge >= 0.3 is 0 Å². The number of carbonyl (C=O) groups excluding carboxylic acids is 1. The van der Waals surface area contributed by atoms with Gasteiger partial charge in [0.2, 0.25) is 0 Å². The minimum atomic E-state index is -0.836. The summed E-state index contributed by atoms with van der Waals surface area (Å²) < 4.78 is 0. The Labute approximate surface area is 104 Å². The summed E-state index contributed by atoms with van der Waals surface area (Å²) in [4.78, 5) is 11.8. The van der Waals surface area contributed by atoms with Crippen LogP contribution in [0.2, 0.25) is 0 Å². The minimum Gasteiger partial charge on any atom is -0.385 e. The van der Waals surface area contributed by atoms with Crippen LogP contribution in [0, 0.1) is 10.8 Å². The molecule has 0 bridgehead atoms. The molecule has 2 heteroatoms. The third-order valence-electron chi connectivity index (χ3n) is 3.26. The van der Waals surface area contributed by atoms with Crippen LogP contribution in [0.4, 0.5) is 0 Å². The number of aliphatic hydroxyl groups is 1. The molecular formula is C15H24O2. The van der Waals surface area contributed by atoms with Gasteiger partial charge in [-0.25, -0.2) is 0 Å². The average molecular weight is 236 g/mol. The second kappa shape index (κ2) is 4.41. The molecule has 0 aromatic heterocycles. The number of ketones is 1. The van der Waals surface area contributed by atoms with E-state index in [1.165, 1.54) is 0 Å². The standard InChI is InChI=1S/C15H24O2/c1-10-11(7-8-14(2,3)4)15(5,6)9-12(16)13(10)17/h7-8,12,16H,9H2,1-6H3/b8-7+. The van der Waals surface area contributed by atoms with Crippen molar-refractivity contribution >= 4 is 5.78 Å². The second-order valence-corrected chi connectivity index (χ2v) is 6.71. The summed E-state index contributed by atoms with van der Waals surface area (Å²) in [6, 6.07) is 0. The summed E-state index contributed by atoms with van der Waals surface area (Å²) in [6.45, 7) is 12.4. The molecule has 0 aliphatic heterocycles. The van der Waals surface area contributed by atoms with Crippen LogP contribution in [0.15, 0.2) is 23.3 Å². The van der Waals surface area contributed by atoms with Gasteiger partial charge in [-0.2, -0.15) is 0 Å². The number of carbonyl (C=O) groups is 1. The van der Waals surface area contributed by atoms with Gasteiger partial charge in [0.15, 0.2) is 5.78 Å². The maximum Gasteiger partial charge on any atom is 0.187 e. The molecule has 96 valence electrons. The summed E-state index contributed by atoms with van der Waals surface area (Å²) in [5, 5.41) is 9.72. The first-order valence-corrected chi connectivity index (χ1v) is 6.17. The van der Waals surface area contributed by atoms with Gasteiger partial charge in [0.25, 0.3) is 0 Å². The molecule has 1 aliphatic carbocycles. The Morgan fingerprint density at radius 2 is 1.88 bits per heavy atom. The second-order valence-electron chi connectivity index (χ2n) is 6.71. The summed E-state index contributed by atoms with van der Waals surface area (Å²) in [6.07, 6.45) is 3.85. The van der Waals surface area contributed by atoms with Crippen LogP contribution < -0.4 is 0 Å². The first kappa shape index (κ1) is 14.2. The first-order valence-electron chi connectivity index (χ1n) is 6.17. The Hall–Kier alpha value is -0.890. The highest BCUT2D eigenvalue weighted by molar-refractivity contribution is 6.00. The van der Waals surface area contributed by atoms with E-state index >= 15 is 0 Å². The fourth-order valence-electron chi connectivity index (χ4n) is 2.26. The van der Waals surface area contributed by atoms with Crippen molar-refractivity contribution in [3.8, 4) is 0 Å². The van der Waals surface area contributed by atoms with Gasteiger partial charge < -0.3 is 5.11 Å². The molecule has 0 spiro atoms. The molecule has 1 unspecified atom stereocenters. The molecule has 0 saturated carbocycles. The van der Waals surface area contributed by atoms with Gasteiger partial charge in [-0.1, -0.05) is 46.8 Å².